The third-order valence-corrected chi connectivity index (χ3v) is 7.54. The lowest BCUT2D eigenvalue weighted by Crippen LogP contribution is -2.44. The summed E-state index contributed by atoms with van der Waals surface area (Å²) >= 11 is 12.4. The minimum atomic E-state index is -0.163. The fourth-order valence-corrected chi connectivity index (χ4v) is 4.96. The summed E-state index contributed by atoms with van der Waals surface area (Å²) in [5, 5.41) is 2.04. The smallest absolute Gasteiger partial charge is 0.254 e. The fourth-order valence-electron chi connectivity index (χ4n) is 4.64. The third kappa shape index (κ3) is 7.41. The quantitative estimate of drug-likeness (QED) is 0.198. The molecular formula is C31H33Cl2N3O3. The van der Waals surface area contributed by atoms with Crippen LogP contribution in [-0.4, -0.2) is 59.9 Å². The number of fused-ring (bicyclic) bond motifs is 1. The van der Waals surface area contributed by atoms with E-state index in [1.54, 1.807) is 35.1 Å². The molecule has 0 atom stereocenters. The number of rotatable bonds is 12. The largest absolute Gasteiger partial charge is 0.385 e. The van der Waals surface area contributed by atoms with Crippen molar-refractivity contribution in [2.45, 2.75) is 26.3 Å². The van der Waals surface area contributed by atoms with Gasteiger partial charge in [0.1, 0.15) is 6.54 Å². The monoisotopic (exact) mass is 565 g/mol. The van der Waals surface area contributed by atoms with Crippen molar-refractivity contribution in [3.63, 3.8) is 0 Å². The Labute approximate surface area is 239 Å². The Morgan fingerprint density at radius 2 is 1.69 bits per heavy atom. The predicted octanol–water partition coefficient (Wildman–Crippen LogP) is 6.53. The number of hydrogen-bond donors (Lipinski definition) is 1. The molecule has 1 aromatic heterocycles. The molecule has 1 heterocycles. The molecule has 0 spiro atoms. The van der Waals surface area contributed by atoms with Crippen molar-refractivity contribution in [3.05, 3.63) is 105 Å². The zero-order valence-corrected chi connectivity index (χ0v) is 23.8. The van der Waals surface area contributed by atoms with Gasteiger partial charge in [-0.15, -0.1) is 0 Å². The number of aryl methyl sites for hydroxylation is 1. The van der Waals surface area contributed by atoms with E-state index < -0.39 is 0 Å². The normalized spacial score (nSPS) is 11.1. The number of ether oxygens (including phenoxy) is 1. The van der Waals surface area contributed by atoms with Crippen molar-refractivity contribution < 1.29 is 14.3 Å². The number of amides is 2. The van der Waals surface area contributed by atoms with E-state index in [-0.39, 0.29) is 18.4 Å². The second-order valence-corrected chi connectivity index (χ2v) is 10.4. The molecule has 0 unspecified atom stereocenters. The number of aromatic nitrogens is 1. The van der Waals surface area contributed by atoms with E-state index in [1.165, 1.54) is 0 Å². The van der Waals surface area contributed by atoms with Gasteiger partial charge in [-0.05, 0) is 60.7 Å². The Morgan fingerprint density at radius 3 is 2.46 bits per heavy atom. The highest BCUT2D eigenvalue weighted by Crippen LogP contribution is 2.24. The van der Waals surface area contributed by atoms with E-state index in [4.69, 9.17) is 27.9 Å². The lowest BCUT2D eigenvalue weighted by atomic mass is 10.1. The van der Waals surface area contributed by atoms with Crippen LogP contribution in [-0.2, 0) is 22.5 Å². The van der Waals surface area contributed by atoms with Gasteiger partial charge in [0.2, 0.25) is 5.91 Å². The molecule has 0 radical (unpaired) electrons. The Bertz CT molecular complexity index is 1440. The Morgan fingerprint density at radius 1 is 0.923 bits per heavy atom. The van der Waals surface area contributed by atoms with Gasteiger partial charge in [0.05, 0.1) is 10.0 Å². The maximum Gasteiger partial charge on any atom is 0.254 e. The number of nitrogens with one attached hydrogen (secondary N) is 1. The Kier molecular flexibility index (Phi) is 10.0. The van der Waals surface area contributed by atoms with Gasteiger partial charge in [0, 0.05) is 56.0 Å². The SMILES string of the molecule is COCCCN(CC(=O)N(CCc1c[nH]c2ccccc12)Cc1ccc(Cl)c(Cl)c1)C(=O)c1ccccc1C. The molecule has 0 fully saturated rings. The molecular weight excluding hydrogens is 533 g/mol. The molecule has 3 aromatic carbocycles. The van der Waals surface area contributed by atoms with E-state index in [9.17, 15) is 9.59 Å². The zero-order valence-electron chi connectivity index (χ0n) is 22.3. The van der Waals surface area contributed by atoms with Gasteiger partial charge in [-0.3, -0.25) is 9.59 Å². The van der Waals surface area contributed by atoms with Crippen molar-refractivity contribution in [2.24, 2.45) is 0 Å². The number of H-pyrrole nitrogens is 1. The average Bonchev–Trinajstić information content (AvgIpc) is 3.35. The summed E-state index contributed by atoms with van der Waals surface area (Å²) in [6.45, 7) is 3.61. The molecule has 39 heavy (non-hydrogen) atoms. The minimum absolute atomic E-state index is 0.0356. The van der Waals surface area contributed by atoms with Crippen LogP contribution in [0.5, 0.6) is 0 Å². The van der Waals surface area contributed by atoms with Crippen LogP contribution >= 0.6 is 23.2 Å². The number of methoxy groups -OCH3 is 1. The van der Waals surface area contributed by atoms with Crippen LogP contribution in [0.3, 0.4) is 0 Å². The molecule has 0 aliphatic rings. The highest BCUT2D eigenvalue weighted by atomic mass is 35.5. The Balaban J connectivity index is 1.57. The second-order valence-electron chi connectivity index (χ2n) is 9.56. The predicted molar refractivity (Wildman–Crippen MR) is 157 cm³/mol. The molecule has 6 nitrogen and oxygen atoms in total. The minimum Gasteiger partial charge on any atom is -0.385 e. The molecule has 0 saturated heterocycles. The number of benzene rings is 3. The maximum atomic E-state index is 13.8. The zero-order chi connectivity index (χ0) is 27.8. The van der Waals surface area contributed by atoms with Crippen LogP contribution in [0.25, 0.3) is 10.9 Å². The van der Waals surface area contributed by atoms with Crippen molar-refractivity contribution in [3.8, 4) is 0 Å². The molecule has 204 valence electrons. The van der Waals surface area contributed by atoms with Gasteiger partial charge >= 0.3 is 0 Å². The van der Waals surface area contributed by atoms with Gasteiger partial charge in [-0.1, -0.05) is 65.7 Å². The number of hydrogen-bond acceptors (Lipinski definition) is 3. The highest BCUT2D eigenvalue weighted by Gasteiger charge is 2.24. The number of halogens is 2. The van der Waals surface area contributed by atoms with Gasteiger partial charge < -0.3 is 19.5 Å². The molecule has 0 saturated carbocycles. The summed E-state index contributed by atoms with van der Waals surface area (Å²) < 4.78 is 5.21. The number of carbonyl (C=O) groups excluding carboxylic acids is 2. The van der Waals surface area contributed by atoms with Crippen molar-refractivity contribution in [1.29, 1.82) is 0 Å². The molecule has 0 aliphatic carbocycles. The summed E-state index contributed by atoms with van der Waals surface area (Å²) in [4.78, 5) is 34.1. The van der Waals surface area contributed by atoms with Crippen LogP contribution in [0.15, 0.2) is 72.9 Å². The first kappa shape index (κ1) is 28.7. The van der Waals surface area contributed by atoms with Crippen LogP contribution in [0.1, 0.15) is 33.5 Å². The fraction of sp³-hybridized carbons (Fsp3) is 0.290. The second kappa shape index (κ2) is 13.7. The van der Waals surface area contributed by atoms with Gasteiger partial charge in [0.25, 0.3) is 5.91 Å². The summed E-state index contributed by atoms with van der Waals surface area (Å²) in [6.07, 6.45) is 3.28. The van der Waals surface area contributed by atoms with E-state index in [2.05, 4.69) is 11.1 Å². The van der Waals surface area contributed by atoms with Crippen molar-refractivity contribution in [1.82, 2.24) is 14.8 Å². The van der Waals surface area contributed by atoms with Crippen LogP contribution in [0.4, 0.5) is 0 Å². The van der Waals surface area contributed by atoms with E-state index in [0.29, 0.717) is 54.7 Å². The number of para-hydroxylation sites is 1. The molecule has 2 amide bonds. The van der Waals surface area contributed by atoms with Crippen molar-refractivity contribution in [2.75, 3.05) is 33.4 Å². The molecule has 8 heteroatoms. The summed E-state index contributed by atoms with van der Waals surface area (Å²) in [5.74, 6) is -0.302. The van der Waals surface area contributed by atoms with E-state index in [0.717, 1.165) is 27.6 Å². The summed E-state index contributed by atoms with van der Waals surface area (Å²) in [5.41, 5.74) is 4.53. The van der Waals surface area contributed by atoms with Gasteiger partial charge in [0.15, 0.2) is 0 Å². The standard InChI is InChI=1S/C31H33Cl2N3O3/c1-22-8-3-4-9-25(22)31(38)36(15-7-17-39-2)21-30(37)35(20-23-12-13-27(32)28(33)18-23)16-14-24-19-34-29-11-6-5-10-26(24)29/h3-6,8-13,18-19,34H,7,14-17,20-21H2,1-2H3. The summed E-state index contributed by atoms with van der Waals surface area (Å²) in [7, 11) is 1.63. The first-order valence-electron chi connectivity index (χ1n) is 13.0. The first-order chi connectivity index (χ1) is 18.9. The van der Waals surface area contributed by atoms with Crippen LogP contribution in [0.2, 0.25) is 10.0 Å². The highest BCUT2D eigenvalue weighted by molar-refractivity contribution is 6.42. The molecule has 4 rings (SSSR count). The number of aromatic amines is 1. The van der Waals surface area contributed by atoms with Crippen molar-refractivity contribution >= 4 is 45.9 Å². The molecule has 4 aromatic rings. The van der Waals surface area contributed by atoms with Crippen LogP contribution < -0.4 is 0 Å². The lowest BCUT2D eigenvalue weighted by Gasteiger charge is -2.28. The number of nitrogens with zero attached hydrogens (tertiary/aromatic N) is 2. The summed E-state index contributed by atoms with van der Waals surface area (Å²) in [6, 6.07) is 20.9. The molecule has 0 aliphatic heterocycles. The average molecular weight is 567 g/mol. The Hall–Kier alpha value is -3.32. The van der Waals surface area contributed by atoms with E-state index >= 15 is 0 Å². The third-order valence-electron chi connectivity index (χ3n) is 6.80. The van der Waals surface area contributed by atoms with Gasteiger partial charge in [-0.2, -0.15) is 0 Å². The topological polar surface area (TPSA) is 65.6 Å². The number of carbonyl (C=O) groups is 2. The van der Waals surface area contributed by atoms with E-state index in [1.807, 2.05) is 55.6 Å². The first-order valence-corrected chi connectivity index (χ1v) is 13.7. The van der Waals surface area contributed by atoms with Crippen LogP contribution in [0, 0.1) is 6.92 Å². The molecule has 0 bridgehead atoms. The maximum absolute atomic E-state index is 13.8. The molecule has 1 N–H and O–H groups in total. The van der Waals surface area contributed by atoms with Gasteiger partial charge in [-0.25, -0.2) is 0 Å². The lowest BCUT2D eigenvalue weighted by molar-refractivity contribution is -0.132.